The van der Waals surface area contributed by atoms with E-state index in [1.54, 1.807) is 31.4 Å². The molecule has 2 aromatic carbocycles. The van der Waals surface area contributed by atoms with Crippen LogP contribution >= 0.6 is 11.6 Å². The fourth-order valence-corrected chi connectivity index (χ4v) is 2.29. The van der Waals surface area contributed by atoms with Crippen molar-refractivity contribution < 1.29 is 9.53 Å². The largest absolute Gasteiger partial charge is 0.496 e. The highest BCUT2D eigenvalue weighted by Crippen LogP contribution is 2.23. The first-order valence-corrected chi connectivity index (χ1v) is 7.28. The average Bonchev–Trinajstić information content (AvgIpc) is 2.51. The zero-order valence-corrected chi connectivity index (χ0v) is 13.4. The first kappa shape index (κ1) is 16.1. The predicted octanol–water partition coefficient (Wildman–Crippen LogP) is 4.64. The van der Waals surface area contributed by atoms with Crippen LogP contribution in [0.3, 0.4) is 0 Å². The van der Waals surface area contributed by atoms with E-state index in [1.165, 1.54) is 0 Å². The molecule has 0 saturated carbocycles. The smallest absolute Gasteiger partial charge is 0.255 e. The summed E-state index contributed by atoms with van der Waals surface area (Å²) in [6, 6.07) is 10.8. The maximum Gasteiger partial charge on any atom is 0.255 e. The molecule has 0 unspecified atom stereocenters. The molecule has 1 N–H and O–H groups in total. The Bertz CT molecular complexity index is 710. The zero-order valence-electron chi connectivity index (χ0n) is 12.7. The van der Waals surface area contributed by atoms with E-state index in [-0.39, 0.29) is 5.91 Å². The van der Waals surface area contributed by atoms with Crippen LogP contribution in [0.4, 0.5) is 5.69 Å². The average molecular weight is 316 g/mol. The third-order valence-electron chi connectivity index (χ3n) is 3.34. The lowest BCUT2D eigenvalue weighted by molar-refractivity contribution is 0.102. The normalized spacial score (nSPS) is 10.1. The van der Waals surface area contributed by atoms with Gasteiger partial charge >= 0.3 is 0 Å². The third kappa shape index (κ3) is 3.68. The Morgan fingerprint density at radius 1 is 1.32 bits per heavy atom. The molecule has 114 valence electrons. The number of hydrogen-bond acceptors (Lipinski definition) is 2. The molecule has 2 aromatic rings. The highest BCUT2D eigenvalue weighted by atomic mass is 35.5. The van der Waals surface area contributed by atoms with Gasteiger partial charge in [-0.2, -0.15) is 0 Å². The van der Waals surface area contributed by atoms with E-state index in [4.69, 9.17) is 16.3 Å². The van der Waals surface area contributed by atoms with Gasteiger partial charge < -0.3 is 10.1 Å². The molecule has 0 fully saturated rings. The van der Waals surface area contributed by atoms with E-state index in [2.05, 4.69) is 11.9 Å². The molecule has 0 radical (unpaired) electrons. The standard InChI is InChI=1S/C18H18ClNO2/c1-4-5-13-10-14(7-9-17(13)22-3)18(21)20-15-8-6-12(2)16(19)11-15/h4,6-11H,1,5H2,2-3H3,(H,20,21). The van der Waals surface area contributed by atoms with Gasteiger partial charge in [-0.15, -0.1) is 6.58 Å². The van der Waals surface area contributed by atoms with Crippen LogP contribution in [0.25, 0.3) is 0 Å². The summed E-state index contributed by atoms with van der Waals surface area (Å²) >= 11 is 6.07. The van der Waals surface area contributed by atoms with Crippen LogP contribution < -0.4 is 10.1 Å². The highest BCUT2D eigenvalue weighted by molar-refractivity contribution is 6.31. The van der Waals surface area contributed by atoms with Gasteiger partial charge in [0.05, 0.1) is 7.11 Å². The number of aryl methyl sites for hydroxylation is 1. The van der Waals surface area contributed by atoms with Crippen molar-refractivity contribution in [3.63, 3.8) is 0 Å². The van der Waals surface area contributed by atoms with Gasteiger partial charge in [0, 0.05) is 16.3 Å². The maximum atomic E-state index is 12.3. The number of nitrogens with one attached hydrogen (secondary N) is 1. The van der Waals surface area contributed by atoms with Crippen molar-refractivity contribution in [2.45, 2.75) is 13.3 Å². The summed E-state index contributed by atoms with van der Waals surface area (Å²) in [6.07, 6.45) is 2.42. The van der Waals surface area contributed by atoms with Gasteiger partial charge in [0.1, 0.15) is 5.75 Å². The van der Waals surface area contributed by atoms with Crippen LogP contribution in [0.1, 0.15) is 21.5 Å². The van der Waals surface area contributed by atoms with E-state index in [0.29, 0.717) is 22.7 Å². The van der Waals surface area contributed by atoms with E-state index in [1.807, 2.05) is 25.1 Å². The zero-order chi connectivity index (χ0) is 16.1. The van der Waals surface area contributed by atoms with E-state index in [0.717, 1.165) is 16.9 Å². The Hall–Kier alpha value is -2.26. The van der Waals surface area contributed by atoms with Crippen LogP contribution in [0, 0.1) is 6.92 Å². The number of hydrogen-bond donors (Lipinski definition) is 1. The van der Waals surface area contributed by atoms with Crippen molar-refractivity contribution in [2.75, 3.05) is 12.4 Å². The molecule has 0 aliphatic carbocycles. The number of rotatable bonds is 5. The second-order valence-electron chi connectivity index (χ2n) is 4.94. The topological polar surface area (TPSA) is 38.3 Å². The molecular formula is C18H18ClNO2. The predicted molar refractivity (Wildman–Crippen MR) is 91.0 cm³/mol. The van der Waals surface area contributed by atoms with Crippen molar-refractivity contribution in [2.24, 2.45) is 0 Å². The molecule has 0 spiro atoms. The number of carbonyl (C=O) groups excluding carboxylic acids is 1. The van der Waals surface area contributed by atoms with Gasteiger partial charge in [0.25, 0.3) is 5.91 Å². The molecule has 4 heteroatoms. The Labute approximate surface area is 135 Å². The quantitative estimate of drug-likeness (QED) is 0.816. The maximum absolute atomic E-state index is 12.3. The molecule has 22 heavy (non-hydrogen) atoms. The Kier molecular flexibility index (Phi) is 5.23. The summed E-state index contributed by atoms with van der Waals surface area (Å²) in [5.41, 5.74) is 3.13. The van der Waals surface area contributed by atoms with Crippen molar-refractivity contribution >= 4 is 23.2 Å². The summed E-state index contributed by atoms with van der Waals surface area (Å²) < 4.78 is 5.28. The SMILES string of the molecule is C=CCc1cc(C(=O)Nc2ccc(C)c(Cl)c2)ccc1OC. The lowest BCUT2D eigenvalue weighted by Gasteiger charge is -2.10. The molecular weight excluding hydrogens is 298 g/mol. The molecule has 0 aromatic heterocycles. The lowest BCUT2D eigenvalue weighted by Crippen LogP contribution is -2.12. The van der Waals surface area contributed by atoms with Gasteiger partial charge in [-0.3, -0.25) is 4.79 Å². The van der Waals surface area contributed by atoms with Crippen LogP contribution in [0.2, 0.25) is 5.02 Å². The summed E-state index contributed by atoms with van der Waals surface area (Å²) in [6.45, 7) is 5.64. The number of amides is 1. The van der Waals surface area contributed by atoms with Gasteiger partial charge in [-0.25, -0.2) is 0 Å². The fraction of sp³-hybridized carbons (Fsp3) is 0.167. The molecule has 0 aliphatic heterocycles. The third-order valence-corrected chi connectivity index (χ3v) is 3.74. The first-order valence-electron chi connectivity index (χ1n) is 6.90. The highest BCUT2D eigenvalue weighted by Gasteiger charge is 2.10. The second-order valence-corrected chi connectivity index (χ2v) is 5.34. The van der Waals surface area contributed by atoms with E-state index in [9.17, 15) is 4.79 Å². The Balaban J connectivity index is 2.23. The minimum atomic E-state index is -0.187. The number of ether oxygens (including phenoxy) is 1. The van der Waals surface area contributed by atoms with Gasteiger partial charge in [-0.05, 0) is 54.8 Å². The van der Waals surface area contributed by atoms with E-state index < -0.39 is 0 Å². The molecule has 2 rings (SSSR count). The van der Waals surface area contributed by atoms with Crippen molar-refractivity contribution in [1.82, 2.24) is 0 Å². The monoisotopic (exact) mass is 315 g/mol. The molecule has 3 nitrogen and oxygen atoms in total. The Morgan fingerprint density at radius 3 is 2.73 bits per heavy atom. The lowest BCUT2D eigenvalue weighted by atomic mass is 10.1. The van der Waals surface area contributed by atoms with E-state index >= 15 is 0 Å². The minimum Gasteiger partial charge on any atom is -0.496 e. The first-order chi connectivity index (χ1) is 10.5. The van der Waals surface area contributed by atoms with Crippen LogP contribution in [0.5, 0.6) is 5.75 Å². The summed E-state index contributed by atoms with van der Waals surface area (Å²) in [5.74, 6) is 0.558. The van der Waals surface area contributed by atoms with Crippen LogP contribution in [-0.2, 0) is 6.42 Å². The summed E-state index contributed by atoms with van der Waals surface area (Å²) in [7, 11) is 1.61. The van der Waals surface area contributed by atoms with Crippen LogP contribution in [-0.4, -0.2) is 13.0 Å². The van der Waals surface area contributed by atoms with Crippen LogP contribution in [0.15, 0.2) is 49.1 Å². The molecule has 0 heterocycles. The summed E-state index contributed by atoms with van der Waals surface area (Å²) in [5, 5.41) is 3.47. The molecule has 0 atom stereocenters. The number of halogens is 1. The fourth-order valence-electron chi connectivity index (χ4n) is 2.11. The molecule has 0 saturated heterocycles. The number of methoxy groups -OCH3 is 1. The van der Waals surface area contributed by atoms with Crippen molar-refractivity contribution in [1.29, 1.82) is 0 Å². The number of anilines is 1. The second kappa shape index (κ2) is 7.14. The number of allylic oxidation sites excluding steroid dienone is 1. The molecule has 0 aliphatic rings. The minimum absolute atomic E-state index is 0.187. The van der Waals surface area contributed by atoms with Gasteiger partial charge in [0.15, 0.2) is 0 Å². The van der Waals surface area contributed by atoms with Gasteiger partial charge in [-0.1, -0.05) is 23.7 Å². The van der Waals surface area contributed by atoms with Gasteiger partial charge in [0.2, 0.25) is 0 Å². The Morgan fingerprint density at radius 2 is 2.09 bits per heavy atom. The number of benzene rings is 2. The number of carbonyl (C=O) groups is 1. The van der Waals surface area contributed by atoms with Crippen molar-refractivity contribution in [3.05, 3.63) is 70.8 Å². The molecule has 0 bridgehead atoms. The molecule has 1 amide bonds. The summed E-state index contributed by atoms with van der Waals surface area (Å²) in [4.78, 5) is 12.3. The van der Waals surface area contributed by atoms with Crippen molar-refractivity contribution in [3.8, 4) is 5.75 Å².